The Hall–Kier alpha value is -5.11. The number of rotatable bonds is 5. The van der Waals surface area contributed by atoms with Gasteiger partial charge in [0.2, 0.25) is 0 Å². The molecule has 0 unspecified atom stereocenters. The molecule has 0 spiro atoms. The maximum absolute atomic E-state index is 9.91. The van der Waals surface area contributed by atoms with Gasteiger partial charge in [-0.15, -0.1) is 0 Å². The highest BCUT2D eigenvalue weighted by Crippen LogP contribution is 2.27. The van der Waals surface area contributed by atoms with Crippen LogP contribution < -0.4 is 0 Å². The summed E-state index contributed by atoms with van der Waals surface area (Å²) in [5.41, 5.74) is 4.87. The number of phenols is 4. The van der Waals surface area contributed by atoms with Crippen LogP contribution >= 0.6 is 0 Å². The number of fused-ring (bicyclic) bond motifs is 1. The fraction of sp³-hybridized carbons (Fsp3) is 0. The minimum absolute atomic E-state index is 0.00889. The van der Waals surface area contributed by atoms with Crippen LogP contribution in [0.1, 0.15) is 11.1 Å². The summed E-state index contributed by atoms with van der Waals surface area (Å²) in [5.74, 6) is 0.583. The lowest BCUT2D eigenvalue weighted by Gasteiger charge is -2.00. The Morgan fingerprint density at radius 1 is 0.629 bits per heavy atom. The molecule has 0 aliphatic carbocycles. The number of nitrogens with one attached hydrogen (secondary N) is 1. The maximum Gasteiger partial charge on any atom is 0.138 e. The van der Waals surface area contributed by atoms with Crippen LogP contribution in [0.2, 0.25) is 0 Å². The van der Waals surface area contributed by atoms with Crippen molar-refractivity contribution in [3.63, 3.8) is 0 Å². The molecule has 0 bridgehead atoms. The second-order valence-electron chi connectivity index (χ2n) is 7.84. The van der Waals surface area contributed by atoms with E-state index in [1.165, 1.54) is 36.7 Å². The lowest BCUT2D eigenvalue weighted by molar-refractivity contribution is 0.449. The van der Waals surface area contributed by atoms with Crippen molar-refractivity contribution in [2.75, 3.05) is 0 Å². The molecule has 0 aliphatic rings. The first kappa shape index (κ1) is 21.7. The first-order valence-corrected chi connectivity index (χ1v) is 10.7. The molecule has 172 valence electrons. The molecular formula is C27H20N4O4. The zero-order valence-electron chi connectivity index (χ0n) is 18.3. The summed E-state index contributed by atoms with van der Waals surface area (Å²) in [5, 5.41) is 38.6. The summed E-state index contributed by atoms with van der Waals surface area (Å²) < 4.78 is 0. The Kier molecular flexibility index (Phi) is 5.60. The van der Waals surface area contributed by atoms with E-state index in [2.05, 4.69) is 20.0 Å². The lowest BCUT2D eigenvalue weighted by Crippen LogP contribution is -1.82. The van der Waals surface area contributed by atoms with Gasteiger partial charge in [-0.1, -0.05) is 0 Å². The molecule has 1 aromatic heterocycles. The molecular weight excluding hydrogens is 444 g/mol. The van der Waals surface area contributed by atoms with Crippen molar-refractivity contribution in [2.24, 2.45) is 9.98 Å². The molecule has 1 heterocycles. The number of aromatic hydroxyl groups is 4. The number of H-pyrrole nitrogens is 1. The zero-order chi connectivity index (χ0) is 24.4. The van der Waals surface area contributed by atoms with Gasteiger partial charge in [-0.3, -0.25) is 9.98 Å². The molecule has 5 rings (SSSR count). The molecule has 35 heavy (non-hydrogen) atoms. The first-order chi connectivity index (χ1) is 16.9. The molecule has 0 aliphatic heterocycles. The number of aliphatic imine (C=N–C) groups is 2. The summed E-state index contributed by atoms with van der Waals surface area (Å²) in [6.07, 6.45) is 3.06. The molecule has 4 aromatic carbocycles. The van der Waals surface area contributed by atoms with Crippen LogP contribution in [0.4, 0.5) is 11.4 Å². The number of nitrogens with zero attached hydrogens (tertiary/aromatic N) is 3. The fourth-order valence-corrected chi connectivity index (χ4v) is 3.49. The minimum Gasteiger partial charge on any atom is -0.508 e. The van der Waals surface area contributed by atoms with E-state index < -0.39 is 0 Å². The molecule has 8 heteroatoms. The van der Waals surface area contributed by atoms with E-state index in [9.17, 15) is 20.4 Å². The third-order valence-electron chi connectivity index (χ3n) is 5.34. The van der Waals surface area contributed by atoms with E-state index in [4.69, 9.17) is 0 Å². The van der Waals surface area contributed by atoms with Crippen LogP contribution in [-0.2, 0) is 0 Å². The van der Waals surface area contributed by atoms with Gasteiger partial charge in [0.15, 0.2) is 0 Å². The van der Waals surface area contributed by atoms with Gasteiger partial charge in [-0.05, 0) is 66.7 Å². The normalized spacial score (nSPS) is 11.7. The van der Waals surface area contributed by atoms with Gasteiger partial charge in [0.05, 0.1) is 22.4 Å². The van der Waals surface area contributed by atoms with Crippen molar-refractivity contribution in [3.8, 4) is 34.4 Å². The number of aromatic nitrogens is 2. The summed E-state index contributed by atoms with van der Waals surface area (Å²) in [6.45, 7) is 0. The van der Waals surface area contributed by atoms with Gasteiger partial charge in [0.1, 0.15) is 28.8 Å². The third kappa shape index (κ3) is 4.81. The maximum atomic E-state index is 9.91. The van der Waals surface area contributed by atoms with Gasteiger partial charge in [0.25, 0.3) is 0 Å². The van der Waals surface area contributed by atoms with Crippen molar-refractivity contribution in [2.45, 2.75) is 0 Å². The molecule has 0 amide bonds. The largest absolute Gasteiger partial charge is 0.508 e. The van der Waals surface area contributed by atoms with E-state index in [0.717, 1.165) is 16.6 Å². The van der Waals surface area contributed by atoms with Gasteiger partial charge in [-0.25, -0.2) is 4.98 Å². The summed E-state index contributed by atoms with van der Waals surface area (Å²) >= 11 is 0. The molecule has 5 aromatic rings. The summed E-state index contributed by atoms with van der Waals surface area (Å²) in [6, 6.07) is 21.7. The Labute approximate surface area is 199 Å². The van der Waals surface area contributed by atoms with Crippen molar-refractivity contribution in [3.05, 3.63) is 90.0 Å². The average Bonchev–Trinajstić information content (AvgIpc) is 3.27. The van der Waals surface area contributed by atoms with E-state index in [-0.39, 0.29) is 23.0 Å². The number of benzene rings is 4. The minimum atomic E-state index is -0.0497. The van der Waals surface area contributed by atoms with Crippen LogP contribution in [0.3, 0.4) is 0 Å². The van der Waals surface area contributed by atoms with Crippen molar-refractivity contribution < 1.29 is 20.4 Å². The number of phenolic OH excluding ortho intramolecular Hbond substituents is 4. The highest BCUT2D eigenvalue weighted by molar-refractivity contribution is 5.88. The Morgan fingerprint density at radius 2 is 1.20 bits per heavy atom. The van der Waals surface area contributed by atoms with E-state index in [1.807, 2.05) is 42.5 Å². The van der Waals surface area contributed by atoms with E-state index in [1.54, 1.807) is 12.1 Å². The monoisotopic (exact) mass is 464 g/mol. The number of imidazole rings is 1. The number of aromatic amines is 1. The van der Waals surface area contributed by atoms with Crippen molar-refractivity contribution in [1.29, 1.82) is 0 Å². The first-order valence-electron chi connectivity index (χ1n) is 10.7. The highest BCUT2D eigenvalue weighted by Gasteiger charge is 2.07. The Morgan fingerprint density at radius 3 is 1.80 bits per heavy atom. The Balaban J connectivity index is 1.34. The second-order valence-corrected chi connectivity index (χ2v) is 7.84. The van der Waals surface area contributed by atoms with E-state index in [0.29, 0.717) is 28.3 Å². The predicted octanol–water partition coefficient (Wildman–Crippen LogP) is 5.55. The smallest absolute Gasteiger partial charge is 0.138 e. The molecule has 0 saturated heterocycles. The topological polar surface area (TPSA) is 134 Å². The van der Waals surface area contributed by atoms with Crippen LogP contribution in [0.15, 0.2) is 88.8 Å². The molecule has 0 saturated carbocycles. The second kappa shape index (κ2) is 9.03. The molecule has 0 atom stereocenters. The SMILES string of the molecule is Oc1ccc(C=Nc2ccc(-c3nc4ccc(N=Cc5ccc(O)cc5O)cc4[nH]3)cc2)c(O)c1. The van der Waals surface area contributed by atoms with Crippen molar-refractivity contribution >= 4 is 34.8 Å². The van der Waals surface area contributed by atoms with Gasteiger partial charge in [-0.2, -0.15) is 0 Å². The van der Waals surface area contributed by atoms with Crippen LogP contribution in [0.5, 0.6) is 23.0 Å². The average molecular weight is 464 g/mol. The lowest BCUT2D eigenvalue weighted by atomic mass is 10.2. The molecule has 8 nitrogen and oxygen atoms in total. The number of hydrogen-bond donors (Lipinski definition) is 5. The van der Waals surface area contributed by atoms with Crippen LogP contribution in [0, 0.1) is 0 Å². The molecule has 0 radical (unpaired) electrons. The molecule has 0 fully saturated rings. The third-order valence-corrected chi connectivity index (χ3v) is 5.34. The van der Waals surface area contributed by atoms with Crippen LogP contribution in [0.25, 0.3) is 22.4 Å². The summed E-state index contributed by atoms with van der Waals surface area (Å²) in [4.78, 5) is 16.7. The van der Waals surface area contributed by atoms with Gasteiger partial charge < -0.3 is 25.4 Å². The summed E-state index contributed by atoms with van der Waals surface area (Å²) in [7, 11) is 0. The van der Waals surface area contributed by atoms with E-state index >= 15 is 0 Å². The quantitative estimate of drug-likeness (QED) is 0.217. The van der Waals surface area contributed by atoms with Gasteiger partial charge >= 0.3 is 0 Å². The van der Waals surface area contributed by atoms with Gasteiger partial charge in [0, 0.05) is 41.3 Å². The van der Waals surface area contributed by atoms with Crippen molar-refractivity contribution in [1.82, 2.24) is 9.97 Å². The number of hydrogen-bond acceptors (Lipinski definition) is 7. The van der Waals surface area contributed by atoms with Crippen LogP contribution in [-0.4, -0.2) is 42.8 Å². The zero-order valence-corrected chi connectivity index (χ0v) is 18.3. The Bertz CT molecular complexity index is 1590. The standard InChI is InChI=1S/C27H20N4O4/c32-21-8-3-17(25(34)12-21)14-28-19-5-1-16(2-6-19)27-30-23-10-7-20(11-24(23)31-27)29-15-18-4-9-22(33)13-26(18)35/h1-15,32-35H,(H,30,31). The predicted molar refractivity (Wildman–Crippen MR) is 136 cm³/mol. The fourth-order valence-electron chi connectivity index (χ4n) is 3.49. The molecule has 5 N–H and O–H groups in total. The highest BCUT2D eigenvalue weighted by atomic mass is 16.3.